The van der Waals surface area contributed by atoms with E-state index in [0.717, 1.165) is 0 Å². The van der Waals surface area contributed by atoms with Gasteiger partial charge in [-0.2, -0.15) is 12.6 Å². The molecule has 0 aromatic carbocycles. The molecule has 27 heavy (non-hydrogen) atoms. The van der Waals surface area contributed by atoms with Gasteiger partial charge in [0.05, 0.1) is 12.5 Å². The minimum Gasteiger partial charge on any atom is -0.480 e. The zero-order valence-electron chi connectivity index (χ0n) is 15.4. The number of carbonyl (C=O) groups excluding carboxylic acids is 4. The first-order chi connectivity index (χ1) is 12.4. The summed E-state index contributed by atoms with van der Waals surface area (Å²) in [6.07, 6.45) is -0.589. The van der Waals surface area contributed by atoms with Crippen molar-refractivity contribution in [3.63, 3.8) is 0 Å². The fraction of sp³-hybridized carbons (Fsp3) is 0.667. The van der Waals surface area contributed by atoms with Crippen molar-refractivity contribution in [1.29, 1.82) is 0 Å². The highest BCUT2D eigenvalue weighted by Crippen LogP contribution is 2.04. The molecule has 0 saturated heterocycles. The quantitative estimate of drug-likeness (QED) is 0.182. The third kappa shape index (κ3) is 8.73. The van der Waals surface area contributed by atoms with E-state index in [9.17, 15) is 24.0 Å². The lowest BCUT2D eigenvalue weighted by Gasteiger charge is -2.25. The van der Waals surface area contributed by atoms with Gasteiger partial charge in [0.15, 0.2) is 0 Å². The van der Waals surface area contributed by atoms with Gasteiger partial charge < -0.3 is 32.5 Å². The van der Waals surface area contributed by atoms with Gasteiger partial charge in [0.1, 0.15) is 18.1 Å². The van der Waals surface area contributed by atoms with Gasteiger partial charge in [-0.3, -0.25) is 19.2 Å². The number of carboxylic acid groups (broad SMARTS) is 1. The normalized spacial score (nSPS) is 15.2. The summed E-state index contributed by atoms with van der Waals surface area (Å²) in [6, 6.07) is -4.49. The first kappa shape index (κ1) is 24.7. The number of carboxylic acids is 1. The van der Waals surface area contributed by atoms with Crippen molar-refractivity contribution >= 4 is 42.2 Å². The summed E-state index contributed by atoms with van der Waals surface area (Å²) in [4.78, 5) is 58.3. The minimum atomic E-state index is -1.51. The Morgan fingerprint density at radius 3 is 1.93 bits per heavy atom. The van der Waals surface area contributed by atoms with Crippen LogP contribution < -0.4 is 27.4 Å². The molecule has 4 amide bonds. The van der Waals surface area contributed by atoms with Gasteiger partial charge in [0.25, 0.3) is 0 Å². The number of hydrogen-bond acceptors (Lipinski definition) is 7. The Morgan fingerprint density at radius 1 is 0.963 bits per heavy atom. The van der Waals surface area contributed by atoms with Gasteiger partial charge in [-0.05, 0) is 12.8 Å². The van der Waals surface area contributed by atoms with E-state index in [0.29, 0.717) is 0 Å². The van der Waals surface area contributed by atoms with Crippen LogP contribution in [-0.4, -0.2) is 64.6 Å². The molecule has 0 aliphatic carbocycles. The van der Waals surface area contributed by atoms with E-state index in [2.05, 4.69) is 28.6 Å². The summed E-state index contributed by atoms with van der Waals surface area (Å²) in [7, 11) is 0. The molecule has 0 rings (SSSR count). The van der Waals surface area contributed by atoms with Crippen LogP contribution in [0.15, 0.2) is 0 Å². The van der Waals surface area contributed by atoms with Crippen LogP contribution in [0.3, 0.4) is 0 Å². The Bertz CT molecular complexity index is 585. The molecule has 0 radical (unpaired) electrons. The first-order valence-electron chi connectivity index (χ1n) is 8.19. The Hall–Kier alpha value is -2.34. The number of nitrogens with two attached hydrogens (primary N) is 2. The second-order valence-electron chi connectivity index (χ2n) is 6.32. The van der Waals surface area contributed by atoms with Gasteiger partial charge >= 0.3 is 5.97 Å². The molecule has 0 fully saturated rings. The van der Waals surface area contributed by atoms with E-state index in [4.69, 9.17) is 16.6 Å². The molecule has 11 nitrogen and oxygen atoms in total. The second-order valence-corrected chi connectivity index (χ2v) is 6.68. The summed E-state index contributed by atoms with van der Waals surface area (Å²) in [5, 5.41) is 16.0. The number of nitrogens with one attached hydrogen (secondary N) is 3. The van der Waals surface area contributed by atoms with E-state index in [1.54, 1.807) is 13.8 Å². The number of rotatable bonds is 11. The average Bonchev–Trinajstić information content (AvgIpc) is 2.56. The van der Waals surface area contributed by atoms with Gasteiger partial charge in [0.2, 0.25) is 23.6 Å². The molecule has 0 bridgehead atoms. The van der Waals surface area contributed by atoms with Crippen LogP contribution in [-0.2, 0) is 24.0 Å². The second kappa shape index (κ2) is 11.4. The lowest BCUT2D eigenvalue weighted by atomic mass is 10.0. The Morgan fingerprint density at radius 2 is 1.52 bits per heavy atom. The molecule has 0 aromatic rings. The van der Waals surface area contributed by atoms with Crippen LogP contribution in [0.25, 0.3) is 0 Å². The summed E-state index contributed by atoms with van der Waals surface area (Å²) in [5.41, 5.74) is 10.5. The predicted octanol–water partition coefficient (Wildman–Crippen LogP) is -2.67. The number of carbonyl (C=O) groups is 5. The fourth-order valence-electron chi connectivity index (χ4n) is 1.94. The van der Waals surface area contributed by atoms with Crippen LogP contribution in [0.5, 0.6) is 0 Å². The maximum atomic E-state index is 12.4. The van der Waals surface area contributed by atoms with Crippen molar-refractivity contribution in [3.05, 3.63) is 0 Å². The lowest BCUT2D eigenvalue weighted by Crippen LogP contribution is -2.58. The summed E-state index contributed by atoms with van der Waals surface area (Å²) in [5.74, 6) is -4.59. The number of thiol groups is 1. The smallest absolute Gasteiger partial charge is 0.326 e. The maximum Gasteiger partial charge on any atom is 0.326 e. The minimum absolute atomic E-state index is 0.0908. The predicted molar refractivity (Wildman–Crippen MR) is 99.6 cm³/mol. The highest BCUT2D eigenvalue weighted by molar-refractivity contribution is 7.80. The largest absolute Gasteiger partial charge is 0.480 e. The van der Waals surface area contributed by atoms with Crippen molar-refractivity contribution in [2.75, 3.05) is 5.75 Å². The Kier molecular flexibility index (Phi) is 10.4. The molecule has 4 atom stereocenters. The van der Waals surface area contributed by atoms with Crippen LogP contribution in [0.2, 0.25) is 0 Å². The van der Waals surface area contributed by atoms with Crippen molar-refractivity contribution in [2.24, 2.45) is 17.4 Å². The van der Waals surface area contributed by atoms with Gasteiger partial charge in [-0.1, -0.05) is 13.8 Å². The molecule has 0 saturated carbocycles. The SMILES string of the molecule is CC(NC(=O)C(NC(=O)C(N)CS)C(C)C)C(=O)NC(CC(N)=O)C(=O)O. The monoisotopic (exact) mass is 405 g/mol. The number of primary amides is 1. The van der Waals surface area contributed by atoms with Crippen LogP contribution >= 0.6 is 12.6 Å². The zero-order valence-corrected chi connectivity index (χ0v) is 16.3. The molecule has 4 unspecified atom stereocenters. The number of aliphatic carboxylic acids is 1. The first-order valence-corrected chi connectivity index (χ1v) is 8.82. The highest BCUT2D eigenvalue weighted by Gasteiger charge is 2.30. The van der Waals surface area contributed by atoms with E-state index < -0.39 is 60.2 Å². The molecule has 0 aliphatic heterocycles. The van der Waals surface area contributed by atoms with Gasteiger partial charge in [-0.25, -0.2) is 4.79 Å². The van der Waals surface area contributed by atoms with Gasteiger partial charge in [-0.15, -0.1) is 0 Å². The standard InChI is InChI=1S/C15H27N5O6S/c1-6(2)11(20-13(23)8(16)5-27)14(24)18-7(3)12(22)19-9(15(25)26)4-10(17)21/h6-9,11,27H,4-5,16H2,1-3H3,(H2,17,21)(H,18,24)(H,19,22)(H,20,23)(H,25,26). The lowest BCUT2D eigenvalue weighted by molar-refractivity contribution is -0.143. The molecule has 0 heterocycles. The molecular formula is C15H27N5O6S. The summed E-state index contributed by atoms with van der Waals surface area (Å²) >= 11 is 3.91. The zero-order chi connectivity index (χ0) is 21.3. The molecule has 8 N–H and O–H groups in total. The molecule has 154 valence electrons. The van der Waals surface area contributed by atoms with E-state index >= 15 is 0 Å². The Balaban J connectivity index is 4.96. The van der Waals surface area contributed by atoms with E-state index in [1.165, 1.54) is 6.92 Å². The number of amides is 4. The molecule has 12 heteroatoms. The molecule has 0 spiro atoms. The topological polar surface area (TPSA) is 194 Å². The van der Waals surface area contributed by atoms with Crippen molar-refractivity contribution in [3.8, 4) is 0 Å². The maximum absolute atomic E-state index is 12.4. The molecular weight excluding hydrogens is 378 g/mol. The van der Waals surface area contributed by atoms with Crippen molar-refractivity contribution < 1.29 is 29.1 Å². The van der Waals surface area contributed by atoms with Crippen LogP contribution in [0.4, 0.5) is 0 Å². The fourth-order valence-corrected chi connectivity index (χ4v) is 2.11. The van der Waals surface area contributed by atoms with Gasteiger partial charge in [0, 0.05) is 5.75 Å². The third-order valence-corrected chi connectivity index (χ3v) is 3.95. The average molecular weight is 405 g/mol. The van der Waals surface area contributed by atoms with Crippen molar-refractivity contribution in [1.82, 2.24) is 16.0 Å². The molecule has 0 aliphatic rings. The third-order valence-electron chi connectivity index (χ3n) is 3.55. The Labute approximate surface area is 162 Å². The van der Waals surface area contributed by atoms with Crippen LogP contribution in [0.1, 0.15) is 27.2 Å². The van der Waals surface area contributed by atoms with Crippen LogP contribution in [0, 0.1) is 5.92 Å². The summed E-state index contributed by atoms with van der Waals surface area (Å²) < 4.78 is 0. The highest BCUT2D eigenvalue weighted by atomic mass is 32.1. The van der Waals surface area contributed by atoms with Crippen molar-refractivity contribution in [2.45, 2.75) is 51.4 Å². The summed E-state index contributed by atoms with van der Waals surface area (Å²) in [6.45, 7) is 4.71. The van der Waals surface area contributed by atoms with E-state index in [1.807, 2.05) is 0 Å². The van der Waals surface area contributed by atoms with E-state index in [-0.39, 0.29) is 11.7 Å². The molecule has 0 aromatic heterocycles. The number of hydrogen-bond donors (Lipinski definition) is 7.